The van der Waals surface area contributed by atoms with E-state index in [9.17, 15) is 0 Å². The van der Waals surface area contributed by atoms with E-state index in [0.29, 0.717) is 0 Å². The molecule has 0 fully saturated rings. The van der Waals surface area contributed by atoms with Gasteiger partial charge in [-0.1, -0.05) is 212 Å². The number of anilines is 3. The summed E-state index contributed by atoms with van der Waals surface area (Å²) in [7, 11) is 0. The Hall–Kier alpha value is -8.72. The van der Waals surface area contributed by atoms with Gasteiger partial charge in [0.05, 0.1) is 22.4 Å². The van der Waals surface area contributed by atoms with E-state index in [4.69, 9.17) is 0 Å². The van der Waals surface area contributed by atoms with Crippen molar-refractivity contribution in [3.63, 3.8) is 0 Å². The van der Waals surface area contributed by atoms with Gasteiger partial charge in [0.2, 0.25) is 0 Å². The van der Waals surface area contributed by atoms with E-state index in [1.54, 1.807) is 0 Å². The van der Waals surface area contributed by atoms with E-state index in [2.05, 4.69) is 276 Å². The summed E-state index contributed by atoms with van der Waals surface area (Å²) in [6.07, 6.45) is 0. The monoisotopic (exact) mass is 840 g/mol. The van der Waals surface area contributed by atoms with E-state index < -0.39 is 0 Å². The third-order valence-electron chi connectivity index (χ3n) is 13.0. The number of para-hydroxylation sites is 3. The van der Waals surface area contributed by atoms with Crippen molar-refractivity contribution in [2.45, 2.75) is 0 Å². The second-order valence-electron chi connectivity index (χ2n) is 16.9. The molecule has 0 saturated heterocycles. The normalized spacial score (nSPS) is 11.3. The molecular weight excluding hydrogens is 797 g/mol. The van der Waals surface area contributed by atoms with Crippen LogP contribution in [0.4, 0.5) is 17.1 Å². The average Bonchev–Trinajstić information content (AvgIpc) is 3.74. The van der Waals surface area contributed by atoms with Crippen LogP contribution in [0.15, 0.2) is 267 Å². The third-order valence-corrected chi connectivity index (χ3v) is 13.0. The van der Waals surface area contributed by atoms with Gasteiger partial charge in [0, 0.05) is 33.3 Å². The Kier molecular flexibility index (Phi) is 9.89. The van der Waals surface area contributed by atoms with E-state index in [1.165, 1.54) is 66.0 Å². The molecule has 0 aliphatic carbocycles. The van der Waals surface area contributed by atoms with Gasteiger partial charge in [0.1, 0.15) is 0 Å². The maximum absolute atomic E-state index is 2.43. The van der Waals surface area contributed by atoms with Gasteiger partial charge in [0.25, 0.3) is 0 Å². The number of fused-ring (bicyclic) bond motifs is 4. The molecule has 1 aromatic heterocycles. The molecule has 0 N–H and O–H groups in total. The van der Waals surface area contributed by atoms with Crippen molar-refractivity contribution in [2.24, 2.45) is 0 Å². The number of benzene rings is 11. The molecule has 0 spiro atoms. The molecule has 2 nitrogen and oxygen atoms in total. The standard InChI is InChI=1S/C64H44N2/c1-4-19-45(20-5-1)50-26-18-27-53(43-50)65(52-39-35-49(36-40-52)64-55-29-11-10-25-48(55)37-41-56(64)46-21-6-2-7-22-46)63-42-38-51(44-59(63)47-23-8-3-9-24-47)54-28-12-15-32-60(54)66-61-33-16-13-30-57(61)58-31-14-17-34-62(58)66/h1-44H. The fourth-order valence-corrected chi connectivity index (χ4v) is 9.94. The lowest BCUT2D eigenvalue weighted by molar-refractivity contribution is 1.18. The van der Waals surface area contributed by atoms with Gasteiger partial charge in [-0.15, -0.1) is 0 Å². The van der Waals surface area contributed by atoms with Gasteiger partial charge in [-0.05, 0) is 110 Å². The summed E-state index contributed by atoms with van der Waals surface area (Å²) >= 11 is 0. The molecule has 12 aromatic rings. The van der Waals surface area contributed by atoms with Gasteiger partial charge in [-0.25, -0.2) is 0 Å². The summed E-state index contributed by atoms with van der Waals surface area (Å²) in [5.74, 6) is 0. The topological polar surface area (TPSA) is 8.17 Å². The minimum atomic E-state index is 1.07. The van der Waals surface area contributed by atoms with E-state index in [1.807, 2.05) is 0 Å². The fraction of sp³-hybridized carbons (Fsp3) is 0. The summed E-state index contributed by atoms with van der Waals surface area (Å²) in [6, 6.07) is 97.0. The molecule has 0 aliphatic heterocycles. The molecule has 0 aliphatic rings. The van der Waals surface area contributed by atoms with E-state index in [0.717, 1.165) is 45.0 Å². The van der Waals surface area contributed by atoms with Crippen LogP contribution in [0.25, 0.3) is 93.9 Å². The van der Waals surface area contributed by atoms with Crippen molar-refractivity contribution in [1.82, 2.24) is 4.57 Å². The van der Waals surface area contributed by atoms with E-state index in [-0.39, 0.29) is 0 Å². The van der Waals surface area contributed by atoms with Crippen LogP contribution in [0, 0.1) is 0 Å². The maximum Gasteiger partial charge on any atom is 0.0541 e. The van der Waals surface area contributed by atoms with Crippen molar-refractivity contribution >= 4 is 49.6 Å². The number of aromatic nitrogens is 1. The first kappa shape index (κ1) is 38.9. The van der Waals surface area contributed by atoms with Gasteiger partial charge in [-0.2, -0.15) is 0 Å². The zero-order valence-electron chi connectivity index (χ0n) is 36.3. The Balaban J connectivity index is 1.06. The molecule has 2 heteroatoms. The summed E-state index contributed by atoms with van der Waals surface area (Å²) in [4.78, 5) is 2.43. The lowest BCUT2D eigenvalue weighted by Crippen LogP contribution is -2.11. The average molecular weight is 841 g/mol. The molecule has 0 unspecified atom stereocenters. The smallest absolute Gasteiger partial charge is 0.0541 e. The molecule has 0 bridgehead atoms. The predicted octanol–water partition coefficient (Wildman–Crippen LogP) is 17.7. The molecular formula is C64H44N2. The first-order valence-corrected chi connectivity index (χ1v) is 22.7. The third kappa shape index (κ3) is 6.93. The van der Waals surface area contributed by atoms with E-state index >= 15 is 0 Å². The van der Waals surface area contributed by atoms with Crippen LogP contribution in [-0.2, 0) is 0 Å². The Morgan fingerprint density at radius 3 is 1.52 bits per heavy atom. The van der Waals surface area contributed by atoms with Crippen LogP contribution in [-0.4, -0.2) is 4.57 Å². The Labute approximate surface area is 385 Å². The van der Waals surface area contributed by atoms with Crippen molar-refractivity contribution < 1.29 is 0 Å². The molecule has 11 aromatic carbocycles. The van der Waals surface area contributed by atoms with Crippen molar-refractivity contribution in [2.75, 3.05) is 4.90 Å². The van der Waals surface area contributed by atoms with Crippen LogP contribution in [0.1, 0.15) is 0 Å². The molecule has 0 atom stereocenters. The van der Waals surface area contributed by atoms with Crippen molar-refractivity contribution in [3.8, 4) is 61.3 Å². The summed E-state index contributed by atoms with van der Waals surface area (Å²) in [6.45, 7) is 0. The van der Waals surface area contributed by atoms with Crippen LogP contribution >= 0.6 is 0 Å². The molecule has 0 saturated carbocycles. The highest BCUT2D eigenvalue weighted by Crippen LogP contribution is 2.46. The van der Waals surface area contributed by atoms with Crippen molar-refractivity contribution in [3.05, 3.63) is 267 Å². The van der Waals surface area contributed by atoms with Crippen LogP contribution < -0.4 is 4.90 Å². The van der Waals surface area contributed by atoms with Gasteiger partial charge >= 0.3 is 0 Å². The number of nitrogens with zero attached hydrogens (tertiary/aromatic N) is 2. The molecule has 12 rings (SSSR count). The first-order valence-electron chi connectivity index (χ1n) is 22.7. The molecule has 0 amide bonds. The molecule has 0 radical (unpaired) electrons. The second kappa shape index (κ2) is 16.8. The summed E-state index contributed by atoms with van der Waals surface area (Å²) in [5.41, 5.74) is 18.5. The Morgan fingerprint density at radius 1 is 0.273 bits per heavy atom. The second-order valence-corrected chi connectivity index (χ2v) is 16.9. The van der Waals surface area contributed by atoms with Crippen LogP contribution in [0.2, 0.25) is 0 Å². The highest BCUT2D eigenvalue weighted by molar-refractivity contribution is 6.10. The molecule has 310 valence electrons. The minimum Gasteiger partial charge on any atom is -0.310 e. The fourth-order valence-electron chi connectivity index (χ4n) is 9.94. The van der Waals surface area contributed by atoms with Gasteiger partial charge in [0.15, 0.2) is 0 Å². The summed E-state index contributed by atoms with van der Waals surface area (Å²) < 4.78 is 2.43. The van der Waals surface area contributed by atoms with Crippen LogP contribution in [0.3, 0.4) is 0 Å². The largest absolute Gasteiger partial charge is 0.310 e. The van der Waals surface area contributed by atoms with Gasteiger partial charge in [-0.3, -0.25) is 0 Å². The molecule has 1 heterocycles. The predicted molar refractivity (Wildman–Crippen MR) is 280 cm³/mol. The lowest BCUT2D eigenvalue weighted by Gasteiger charge is -2.29. The number of hydrogen-bond donors (Lipinski definition) is 0. The minimum absolute atomic E-state index is 1.07. The Bertz CT molecular complexity index is 3630. The maximum atomic E-state index is 2.43. The Morgan fingerprint density at radius 2 is 0.818 bits per heavy atom. The van der Waals surface area contributed by atoms with Crippen LogP contribution in [0.5, 0.6) is 0 Å². The van der Waals surface area contributed by atoms with Gasteiger partial charge < -0.3 is 9.47 Å². The quantitative estimate of drug-likeness (QED) is 0.141. The number of hydrogen-bond acceptors (Lipinski definition) is 1. The first-order chi connectivity index (χ1) is 32.8. The zero-order chi connectivity index (χ0) is 43.8. The zero-order valence-corrected chi connectivity index (χ0v) is 36.3. The highest BCUT2D eigenvalue weighted by atomic mass is 15.1. The highest BCUT2D eigenvalue weighted by Gasteiger charge is 2.22. The number of rotatable bonds is 9. The van der Waals surface area contributed by atoms with Crippen molar-refractivity contribution in [1.29, 1.82) is 0 Å². The molecule has 66 heavy (non-hydrogen) atoms. The lowest BCUT2D eigenvalue weighted by atomic mass is 9.89. The SMILES string of the molecule is c1ccc(-c2cccc(N(c3ccc(-c4c(-c5ccccc5)ccc5ccccc45)cc3)c3ccc(-c4ccccc4-n4c5ccccc5c5ccccc54)cc3-c3ccccc3)c2)cc1. The summed E-state index contributed by atoms with van der Waals surface area (Å²) in [5, 5.41) is 4.96.